The van der Waals surface area contributed by atoms with Crippen molar-refractivity contribution in [2.45, 2.75) is 51.1 Å². The molecule has 1 atom stereocenters. The Morgan fingerprint density at radius 1 is 1.47 bits per heavy atom. The van der Waals surface area contributed by atoms with Crippen LogP contribution in [-0.4, -0.2) is 28.1 Å². The highest BCUT2D eigenvalue weighted by Crippen LogP contribution is 2.20. The first kappa shape index (κ1) is 14.6. The Kier molecular flexibility index (Phi) is 6.66. The molecule has 1 aromatic rings. The molecule has 0 amide bonds. The van der Waals surface area contributed by atoms with Crippen LogP contribution in [0.25, 0.3) is 0 Å². The molecule has 0 aliphatic carbocycles. The largest absolute Gasteiger partial charge is 0.314 e. The highest BCUT2D eigenvalue weighted by Gasteiger charge is 2.05. The average molecular weight is 255 g/mol. The first-order valence-electron chi connectivity index (χ1n) is 6.54. The molecule has 4 heteroatoms. The molecule has 0 saturated carbocycles. The molecule has 98 valence electrons. The van der Waals surface area contributed by atoms with Crippen LogP contribution in [0.5, 0.6) is 0 Å². The zero-order valence-corrected chi connectivity index (χ0v) is 12.3. The van der Waals surface area contributed by atoms with Gasteiger partial charge in [0.1, 0.15) is 0 Å². The minimum Gasteiger partial charge on any atom is -0.314 e. The fourth-order valence-electron chi connectivity index (χ4n) is 1.97. The quantitative estimate of drug-likeness (QED) is 0.572. The van der Waals surface area contributed by atoms with Gasteiger partial charge in [0.25, 0.3) is 0 Å². The van der Waals surface area contributed by atoms with E-state index < -0.39 is 0 Å². The van der Waals surface area contributed by atoms with Crippen molar-refractivity contribution in [2.24, 2.45) is 7.05 Å². The van der Waals surface area contributed by atoms with E-state index in [9.17, 15) is 0 Å². The van der Waals surface area contributed by atoms with Crippen molar-refractivity contribution < 1.29 is 0 Å². The zero-order valence-electron chi connectivity index (χ0n) is 11.5. The van der Waals surface area contributed by atoms with Crippen LogP contribution >= 0.6 is 11.8 Å². The lowest BCUT2D eigenvalue weighted by Crippen LogP contribution is -2.28. The SMILES string of the molecule is CCNC(CC)CCCSc1cc(C)nn1C. The summed E-state index contributed by atoms with van der Waals surface area (Å²) in [7, 11) is 2.02. The van der Waals surface area contributed by atoms with Crippen molar-refractivity contribution in [2.75, 3.05) is 12.3 Å². The third-order valence-electron chi connectivity index (χ3n) is 2.89. The number of rotatable bonds is 8. The predicted molar refractivity (Wildman–Crippen MR) is 75.7 cm³/mol. The van der Waals surface area contributed by atoms with E-state index >= 15 is 0 Å². The van der Waals surface area contributed by atoms with Gasteiger partial charge in [0, 0.05) is 13.1 Å². The van der Waals surface area contributed by atoms with Gasteiger partial charge in [-0.3, -0.25) is 4.68 Å². The second-order valence-corrected chi connectivity index (χ2v) is 5.52. The van der Waals surface area contributed by atoms with E-state index in [1.165, 1.54) is 30.0 Å². The predicted octanol–water partition coefficient (Wildman–Crippen LogP) is 2.99. The molecule has 0 fully saturated rings. The minimum absolute atomic E-state index is 0.689. The van der Waals surface area contributed by atoms with Crippen LogP contribution in [0.3, 0.4) is 0 Å². The van der Waals surface area contributed by atoms with Crippen LogP contribution in [0.1, 0.15) is 38.8 Å². The molecule has 0 bridgehead atoms. The lowest BCUT2D eigenvalue weighted by Gasteiger charge is -2.15. The van der Waals surface area contributed by atoms with Crippen molar-refractivity contribution in [1.82, 2.24) is 15.1 Å². The van der Waals surface area contributed by atoms with E-state index in [-0.39, 0.29) is 0 Å². The Labute approximate surface area is 109 Å². The van der Waals surface area contributed by atoms with Gasteiger partial charge in [0.05, 0.1) is 10.7 Å². The maximum Gasteiger partial charge on any atom is 0.0939 e. The Hall–Kier alpha value is -0.480. The Morgan fingerprint density at radius 2 is 2.24 bits per heavy atom. The number of hydrogen-bond donors (Lipinski definition) is 1. The first-order valence-corrected chi connectivity index (χ1v) is 7.52. The molecule has 1 aromatic heterocycles. The molecule has 17 heavy (non-hydrogen) atoms. The summed E-state index contributed by atoms with van der Waals surface area (Å²) < 4.78 is 1.97. The van der Waals surface area contributed by atoms with Gasteiger partial charge in [-0.1, -0.05) is 13.8 Å². The van der Waals surface area contributed by atoms with Crippen LogP contribution in [0.4, 0.5) is 0 Å². The molecular weight excluding hydrogens is 230 g/mol. The number of nitrogens with one attached hydrogen (secondary N) is 1. The highest BCUT2D eigenvalue weighted by atomic mass is 32.2. The monoisotopic (exact) mass is 255 g/mol. The standard InChI is InChI=1S/C13H25N3S/c1-5-12(14-6-2)8-7-9-17-13-10-11(3)15-16(13)4/h10,12,14H,5-9H2,1-4H3. The minimum atomic E-state index is 0.689. The molecule has 0 radical (unpaired) electrons. The van der Waals surface area contributed by atoms with E-state index in [1.807, 2.05) is 30.4 Å². The zero-order chi connectivity index (χ0) is 12.7. The van der Waals surface area contributed by atoms with E-state index in [2.05, 4.69) is 30.3 Å². The van der Waals surface area contributed by atoms with Gasteiger partial charge in [0.2, 0.25) is 0 Å². The van der Waals surface area contributed by atoms with E-state index in [0.29, 0.717) is 6.04 Å². The topological polar surface area (TPSA) is 29.9 Å². The summed E-state index contributed by atoms with van der Waals surface area (Å²) in [6.07, 6.45) is 3.76. The summed E-state index contributed by atoms with van der Waals surface area (Å²) in [5, 5.41) is 9.15. The van der Waals surface area contributed by atoms with Crippen molar-refractivity contribution in [1.29, 1.82) is 0 Å². The number of hydrogen-bond acceptors (Lipinski definition) is 3. The van der Waals surface area contributed by atoms with E-state index in [1.54, 1.807) is 0 Å². The van der Waals surface area contributed by atoms with Crippen molar-refractivity contribution in [3.63, 3.8) is 0 Å². The van der Waals surface area contributed by atoms with Crippen molar-refractivity contribution in [3.8, 4) is 0 Å². The molecular formula is C13H25N3S. The summed E-state index contributed by atoms with van der Waals surface area (Å²) in [6.45, 7) is 7.55. The Bertz CT molecular complexity index is 322. The van der Waals surface area contributed by atoms with Gasteiger partial charge in [0.15, 0.2) is 0 Å². The molecule has 1 unspecified atom stereocenters. The Balaban J connectivity index is 2.21. The first-order chi connectivity index (χ1) is 8.17. The average Bonchev–Trinajstić information content (AvgIpc) is 2.62. The van der Waals surface area contributed by atoms with Gasteiger partial charge in [-0.25, -0.2) is 0 Å². The van der Waals surface area contributed by atoms with Gasteiger partial charge in [-0.15, -0.1) is 11.8 Å². The van der Waals surface area contributed by atoms with Gasteiger partial charge >= 0.3 is 0 Å². The molecule has 0 saturated heterocycles. The number of aryl methyl sites for hydroxylation is 2. The maximum atomic E-state index is 4.35. The van der Waals surface area contributed by atoms with Crippen LogP contribution in [0, 0.1) is 6.92 Å². The second kappa shape index (κ2) is 7.77. The van der Waals surface area contributed by atoms with E-state index in [0.717, 1.165) is 12.2 Å². The van der Waals surface area contributed by atoms with Crippen LogP contribution in [-0.2, 0) is 7.05 Å². The van der Waals surface area contributed by atoms with Crippen molar-refractivity contribution >= 4 is 11.8 Å². The summed E-state index contributed by atoms with van der Waals surface area (Å²) in [6, 6.07) is 2.85. The highest BCUT2D eigenvalue weighted by molar-refractivity contribution is 7.99. The van der Waals surface area contributed by atoms with Gasteiger partial charge < -0.3 is 5.32 Å². The summed E-state index contributed by atoms with van der Waals surface area (Å²) in [5.41, 5.74) is 1.11. The third kappa shape index (κ3) is 5.13. The molecule has 1 rings (SSSR count). The normalized spacial score (nSPS) is 12.9. The molecule has 3 nitrogen and oxygen atoms in total. The number of nitrogens with zero attached hydrogens (tertiary/aromatic N) is 2. The fourth-order valence-corrected chi connectivity index (χ4v) is 2.97. The molecule has 1 heterocycles. The lowest BCUT2D eigenvalue weighted by atomic mass is 10.1. The van der Waals surface area contributed by atoms with Crippen molar-refractivity contribution in [3.05, 3.63) is 11.8 Å². The van der Waals surface area contributed by atoms with Crippen LogP contribution < -0.4 is 5.32 Å². The smallest absolute Gasteiger partial charge is 0.0939 e. The molecule has 0 spiro atoms. The van der Waals surface area contributed by atoms with Crippen LogP contribution in [0.15, 0.2) is 11.1 Å². The maximum absolute atomic E-state index is 4.35. The fraction of sp³-hybridized carbons (Fsp3) is 0.769. The molecule has 1 N–H and O–H groups in total. The third-order valence-corrected chi connectivity index (χ3v) is 4.06. The lowest BCUT2D eigenvalue weighted by molar-refractivity contribution is 0.477. The van der Waals surface area contributed by atoms with E-state index in [4.69, 9.17) is 0 Å². The summed E-state index contributed by atoms with van der Waals surface area (Å²) >= 11 is 1.91. The Morgan fingerprint density at radius 3 is 2.76 bits per heavy atom. The molecule has 0 aliphatic heterocycles. The number of thioether (sulfide) groups is 1. The second-order valence-electron chi connectivity index (χ2n) is 4.40. The molecule has 0 aliphatic rings. The molecule has 0 aromatic carbocycles. The van der Waals surface area contributed by atoms with Gasteiger partial charge in [-0.05, 0) is 44.6 Å². The summed E-state index contributed by atoms with van der Waals surface area (Å²) in [5.74, 6) is 1.18. The summed E-state index contributed by atoms with van der Waals surface area (Å²) in [4.78, 5) is 0. The van der Waals surface area contributed by atoms with Crippen LogP contribution in [0.2, 0.25) is 0 Å². The number of aromatic nitrogens is 2. The van der Waals surface area contributed by atoms with Gasteiger partial charge in [-0.2, -0.15) is 5.10 Å².